The van der Waals surface area contributed by atoms with Crippen LogP contribution in [0.5, 0.6) is 0 Å². The van der Waals surface area contributed by atoms with Gasteiger partial charge in [0.1, 0.15) is 0 Å². The van der Waals surface area contributed by atoms with E-state index in [1.54, 1.807) is 0 Å². The van der Waals surface area contributed by atoms with Crippen LogP contribution in [-0.4, -0.2) is 13.6 Å². The maximum absolute atomic E-state index is 3.22. The third-order valence-electron chi connectivity index (χ3n) is 2.50. The highest BCUT2D eigenvalue weighted by atomic mass is 14.8. The van der Waals surface area contributed by atoms with Gasteiger partial charge in [-0.1, -0.05) is 13.8 Å². The molecular weight excluding hydrogens is 122 g/mol. The maximum atomic E-state index is 3.22. The van der Waals surface area contributed by atoms with Crippen molar-refractivity contribution in [1.82, 2.24) is 5.32 Å². The molecule has 10 heavy (non-hydrogen) atoms. The fraction of sp³-hybridized carbons (Fsp3) is 1.00. The Kier molecular flexibility index (Phi) is 2.35. The normalized spacial score (nSPS) is 24.3. The molecule has 1 heteroatoms. The van der Waals surface area contributed by atoms with Gasteiger partial charge in [0.25, 0.3) is 0 Å². The Morgan fingerprint density at radius 2 is 2.10 bits per heavy atom. The SMILES string of the molecule is CNCC(C)CC1(C)CC1. The van der Waals surface area contributed by atoms with Crippen LogP contribution in [0.1, 0.15) is 33.1 Å². The van der Waals surface area contributed by atoms with Gasteiger partial charge in [0.05, 0.1) is 0 Å². The average Bonchev–Trinajstić information content (AvgIpc) is 2.48. The molecular formula is C9H19N. The second-order valence-corrected chi connectivity index (χ2v) is 4.18. The lowest BCUT2D eigenvalue weighted by Crippen LogP contribution is -2.18. The van der Waals surface area contributed by atoms with E-state index in [1.807, 2.05) is 7.05 Å². The minimum Gasteiger partial charge on any atom is -0.319 e. The lowest BCUT2D eigenvalue weighted by atomic mass is 9.95. The van der Waals surface area contributed by atoms with Gasteiger partial charge >= 0.3 is 0 Å². The van der Waals surface area contributed by atoms with Gasteiger partial charge in [0.15, 0.2) is 0 Å². The van der Waals surface area contributed by atoms with Gasteiger partial charge in [0.2, 0.25) is 0 Å². The summed E-state index contributed by atoms with van der Waals surface area (Å²) in [5.74, 6) is 0.859. The summed E-state index contributed by atoms with van der Waals surface area (Å²) in [6, 6.07) is 0. The molecule has 1 rings (SSSR count). The molecule has 0 aliphatic heterocycles. The fourth-order valence-corrected chi connectivity index (χ4v) is 1.68. The predicted octanol–water partition coefficient (Wildman–Crippen LogP) is 2.03. The number of rotatable bonds is 4. The van der Waals surface area contributed by atoms with E-state index in [0.29, 0.717) is 0 Å². The fourth-order valence-electron chi connectivity index (χ4n) is 1.68. The zero-order valence-corrected chi connectivity index (χ0v) is 7.41. The summed E-state index contributed by atoms with van der Waals surface area (Å²) in [5.41, 5.74) is 0.732. The summed E-state index contributed by atoms with van der Waals surface area (Å²) in [7, 11) is 2.03. The Balaban J connectivity index is 2.11. The van der Waals surface area contributed by atoms with Crippen LogP contribution in [0.3, 0.4) is 0 Å². The molecule has 0 amide bonds. The Morgan fingerprint density at radius 1 is 1.50 bits per heavy atom. The molecule has 0 bridgehead atoms. The topological polar surface area (TPSA) is 12.0 Å². The van der Waals surface area contributed by atoms with E-state index in [2.05, 4.69) is 19.2 Å². The lowest BCUT2D eigenvalue weighted by Gasteiger charge is -2.14. The molecule has 0 radical (unpaired) electrons. The van der Waals surface area contributed by atoms with Crippen LogP contribution in [0.15, 0.2) is 0 Å². The highest BCUT2D eigenvalue weighted by Gasteiger charge is 2.37. The molecule has 1 N–H and O–H groups in total. The van der Waals surface area contributed by atoms with E-state index in [4.69, 9.17) is 0 Å². The van der Waals surface area contributed by atoms with E-state index >= 15 is 0 Å². The average molecular weight is 141 g/mol. The van der Waals surface area contributed by atoms with E-state index in [-0.39, 0.29) is 0 Å². The Bertz CT molecular complexity index is 105. The molecule has 0 spiro atoms. The van der Waals surface area contributed by atoms with E-state index < -0.39 is 0 Å². The molecule has 1 atom stereocenters. The van der Waals surface area contributed by atoms with Gasteiger partial charge in [-0.05, 0) is 44.2 Å². The third kappa shape index (κ3) is 2.30. The molecule has 1 fully saturated rings. The molecule has 1 aliphatic carbocycles. The van der Waals surface area contributed by atoms with Crippen LogP contribution in [0, 0.1) is 11.3 Å². The van der Waals surface area contributed by atoms with Crippen molar-refractivity contribution in [1.29, 1.82) is 0 Å². The molecule has 1 unspecified atom stereocenters. The molecule has 0 aromatic heterocycles. The first-order valence-electron chi connectivity index (χ1n) is 4.31. The monoisotopic (exact) mass is 141 g/mol. The Hall–Kier alpha value is -0.0400. The smallest absolute Gasteiger partial charge is 0.00260 e. The van der Waals surface area contributed by atoms with Crippen LogP contribution in [-0.2, 0) is 0 Å². The summed E-state index contributed by atoms with van der Waals surface area (Å²) in [5, 5.41) is 3.22. The summed E-state index contributed by atoms with van der Waals surface area (Å²) in [6.07, 6.45) is 4.33. The minimum atomic E-state index is 0.732. The highest BCUT2D eigenvalue weighted by molar-refractivity contribution is 4.89. The molecule has 0 aromatic rings. The van der Waals surface area contributed by atoms with E-state index in [9.17, 15) is 0 Å². The van der Waals surface area contributed by atoms with Crippen LogP contribution >= 0.6 is 0 Å². The molecule has 0 saturated heterocycles. The molecule has 1 nitrogen and oxygen atoms in total. The second kappa shape index (κ2) is 2.91. The van der Waals surface area contributed by atoms with Gasteiger partial charge in [-0.25, -0.2) is 0 Å². The van der Waals surface area contributed by atoms with Gasteiger partial charge in [0, 0.05) is 0 Å². The molecule has 0 aromatic carbocycles. The Labute approximate surface area is 64.2 Å². The van der Waals surface area contributed by atoms with Crippen molar-refractivity contribution < 1.29 is 0 Å². The highest BCUT2D eigenvalue weighted by Crippen LogP contribution is 2.49. The molecule has 1 aliphatic rings. The zero-order valence-electron chi connectivity index (χ0n) is 7.41. The first kappa shape index (κ1) is 8.06. The van der Waals surface area contributed by atoms with Crippen molar-refractivity contribution in [3.63, 3.8) is 0 Å². The van der Waals surface area contributed by atoms with Crippen molar-refractivity contribution in [2.75, 3.05) is 13.6 Å². The van der Waals surface area contributed by atoms with Crippen molar-refractivity contribution >= 4 is 0 Å². The second-order valence-electron chi connectivity index (χ2n) is 4.18. The summed E-state index contributed by atoms with van der Waals surface area (Å²) in [4.78, 5) is 0. The van der Waals surface area contributed by atoms with Crippen LogP contribution in [0.25, 0.3) is 0 Å². The predicted molar refractivity (Wildman–Crippen MR) is 45.0 cm³/mol. The van der Waals surface area contributed by atoms with Crippen LogP contribution in [0.4, 0.5) is 0 Å². The van der Waals surface area contributed by atoms with Crippen molar-refractivity contribution in [3.8, 4) is 0 Å². The zero-order chi connectivity index (χ0) is 7.61. The van der Waals surface area contributed by atoms with Crippen molar-refractivity contribution in [3.05, 3.63) is 0 Å². The molecule has 0 heterocycles. The Morgan fingerprint density at radius 3 is 2.50 bits per heavy atom. The number of hydrogen-bond acceptors (Lipinski definition) is 1. The first-order chi connectivity index (χ1) is 4.66. The van der Waals surface area contributed by atoms with Crippen LogP contribution < -0.4 is 5.32 Å². The van der Waals surface area contributed by atoms with Crippen LogP contribution in [0.2, 0.25) is 0 Å². The summed E-state index contributed by atoms with van der Waals surface area (Å²) < 4.78 is 0. The minimum absolute atomic E-state index is 0.732. The van der Waals surface area contributed by atoms with E-state index in [1.165, 1.54) is 25.8 Å². The molecule has 60 valence electrons. The van der Waals surface area contributed by atoms with Gasteiger partial charge in [-0.2, -0.15) is 0 Å². The van der Waals surface area contributed by atoms with Crippen molar-refractivity contribution in [2.24, 2.45) is 11.3 Å². The maximum Gasteiger partial charge on any atom is -0.00260 e. The number of hydrogen-bond donors (Lipinski definition) is 1. The van der Waals surface area contributed by atoms with Crippen molar-refractivity contribution in [2.45, 2.75) is 33.1 Å². The standard InChI is InChI=1S/C9H19N/c1-8(7-10-3)6-9(2)4-5-9/h8,10H,4-7H2,1-3H3. The lowest BCUT2D eigenvalue weighted by molar-refractivity contribution is 0.389. The third-order valence-corrected chi connectivity index (χ3v) is 2.50. The summed E-state index contributed by atoms with van der Waals surface area (Å²) in [6.45, 7) is 5.91. The first-order valence-corrected chi connectivity index (χ1v) is 4.31. The quantitative estimate of drug-likeness (QED) is 0.631. The van der Waals surface area contributed by atoms with Gasteiger partial charge < -0.3 is 5.32 Å². The summed E-state index contributed by atoms with van der Waals surface area (Å²) >= 11 is 0. The van der Waals surface area contributed by atoms with Gasteiger partial charge in [-0.3, -0.25) is 0 Å². The molecule has 1 saturated carbocycles. The van der Waals surface area contributed by atoms with E-state index in [0.717, 1.165) is 11.3 Å². The number of nitrogens with one attached hydrogen (secondary N) is 1. The largest absolute Gasteiger partial charge is 0.319 e. The van der Waals surface area contributed by atoms with Gasteiger partial charge in [-0.15, -0.1) is 0 Å².